The van der Waals surface area contributed by atoms with Crippen molar-refractivity contribution < 1.29 is 14.3 Å². The van der Waals surface area contributed by atoms with Crippen LogP contribution >= 0.6 is 0 Å². The summed E-state index contributed by atoms with van der Waals surface area (Å²) >= 11 is 0. The van der Waals surface area contributed by atoms with Gasteiger partial charge in [0.1, 0.15) is 23.9 Å². The van der Waals surface area contributed by atoms with Crippen LogP contribution in [0.2, 0.25) is 0 Å². The number of carbonyl (C=O) groups excluding carboxylic acids is 2. The molecule has 3 aromatic rings. The summed E-state index contributed by atoms with van der Waals surface area (Å²) in [5.41, 5.74) is 2.61. The number of nitrogens with one attached hydrogen (secondary N) is 2. The van der Waals surface area contributed by atoms with Crippen LogP contribution in [0.15, 0.2) is 59.4 Å². The molecular formula is C27H28N4O4. The number of carbonyl (C=O) groups is 2. The molecule has 35 heavy (non-hydrogen) atoms. The van der Waals surface area contributed by atoms with Gasteiger partial charge in [-0.1, -0.05) is 19.1 Å². The first-order chi connectivity index (χ1) is 16.8. The number of nitriles is 1. The fraction of sp³-hybridized carbons (Fsp3) is 0.259. The topological polar surface area (TPSA) is 113 Å². The summed E-state index contributed by atoms with van der Waals surface area (Å²) in [5, 5.41) is 14.8. The van der Waals surface area contributed by atoms with Crippen LogP contribution in [0.4, 0.5) is 5.69 Å². The minimum atomic E-state index is -0.490. The Morgan fingerprint density at radius 1 is 1.06 bits per heavy atom. The molecule has 0 saturated carbocycles. The van der Waals surface area contributed by atoms with Crippen molar-refractivity contribution in [3.8, 4) is 11.8 Å². The third-order valence-corrected chi connectivity index (χ3v) is 5.40. The molecule has 2 N–H and O–H groups in total. The summed E-state index contributed by atoms with van der Waals surface area (Å²) in [7, 11) is 0. The quantitative estimate of drug-likeness (QED) is 0.493. The van der Waals surface area contributed by atoms with Gasteiger partial charge in [-0.15, -0.1) is 0 Å². The first kappa shape index (κ1) is 25.2. The Morgan fingerprint density at radius 2 is 1.74 bits per heavy atom. The Kier molecular flexibility index (Phi) is 8.41. The second-order valence-corrected chi connectivity index (χ2v) is 8.15. The summed E-state index contributed by atoms with van der Waals surface area (Å²) in [5.74, 6) is 0.152. The van der Waals surface area contributed by atoms with Crippen molar-refractivity contribution in [2.75, 3.05) is 11.9 Å². The number of hydrogen-bond acceptors (Lipinski definition) is 5. The average molecular weight is 473 g/mol. The average Bonchev–Trinajstić information content (AvgIpc) is 2.85. The lowest BCUT2D eigenvalue weighted by molar-refractivity contribution is -0.116. The van der Waals surface area contributed by atoms with E-state index >= 15 is 0 Å². The SMILES string of the molecule is CCCOc1ccc(CNC(=O)c2ccc(NC(=O)Cn3c(C)cc(C)c(C#N)c3=O)cc2)cc1. The molecule has 1 aromatic heterocycles. The molecule has 0 aliphatic heterocycles. The van der Waals surface area contributed by atoms with Gasteiger partial charge < -0.3 is 19.9 Å². The highest BCUT2D eigenvalue weighted by Crippen LogP contribution is 2.14. The van der Waals surface area contributed by atoms with Gasteiger partial charge in [-0.3, -0.25) is 14.4 Å². The number of nitrogens with zero attached hydrogens (tertiary/aromatic N) is 2. The van der Waals surface area contributed by atoms with Crippen LogP contribution in [0.25, 0.3) is 0 Å². The van der Waals surface area contributed by atoms with E-state index in [9.17, 15) is 19.6 Å². The van der Waals surface area contributed by atoms with Crippen LogP contribution in [0.5, 0.6) is 5.75 Å². The van der Waals surface area contributed by atoms with Gasteiger partial charge in [-0.05, 0) is 73.9 Å². The van der Waals surface area contributed by atoms with Crippen molar-refractivity contribution >= 4 is 17.5 Å². The summed E-state index contributed by atoms with van der Waals surface area (Å²) in [6, 6.07) is 17.6. The van der Waals surface area contributed by atoms with E-state index in [2.05, 4.69) is 10.6 Å². The summed E-state index contributed by atoms with van der Waals surface area (Å²) < 4.78 is 6.83. The number of aromatic nitrogens is 1. The molecule has 0 atom stereocenters. The van der Waals surface area contributed by atoms with E-state index in [1.54, 1.807) is 44.2 Å². The number of rotatable bonds is 9. The molecule has 0 aliphatic carbocycles. The maximum absolute atomic E-state index is 12.5. The lowest BCUT2D eigenvalue weighted by atomic mass is 10.1. The van der Waals surface area contributed by atoms with E-state index < -0.39 is 11.5 Å². The molecule has 3 rings (SSSR count). The third kappa shape index (κ3) is 6.58. The Balaban J connectivity index is 1.56. The van der Waals surface area contributed by atoms with Crippen LogP contribution in [0.3, 0.4) is 0 Å². The van der Waals surface area contributed by atoms with Crippen LogP contribution in [-0.4, -0.2) is 23.0 Å². The Labute approximate surface area is 204 Å². The molecule has 2 aromatic carbocycles. The molecule has 8 nitrogen and oxygen atoms in total. The molecule has 2 amide bonds. The Bertz CT molecular complexity index is 1300. The fourth-order valence-corrected chi connectivity index (χ4v) is 3.52. The molecule has 180 valence electrons. The Morgan fingerprint density at radius 3 is 2.37 bits per heavy atom. The van der Waals surface area contributed by atoms with E-state index in [1.807, 2.05) is 37.3 Å². The van der Waals surface area contributed by atoms with E-state index in [0.29, 0.717) is 35.7 Å². The Hall–Kier alpha value is -4.38. The van der Waals surface area contributed by atoms with Crippen molar-refractivity contribution in [3.05, 3.63) is 92.9 Å². The van der Waals surface area contributed by atoms with Crippen LogP contribution in [0.1, 0.15) is 46.1 Å². The summed E-state index contributed by atoms with van der Waals surface area (Å²) in [4.78, 5) is 37.4. The smallest absolute Gasteiger partial charge is 0.269 e. The van der Waals surface area contributed by atoms with Crippen LogP contribution in [-0.2, 0) is 17.9 Å². The van der Waals surface area contributed by atoms with Crippen molar-refractivity contribution in [3.63, 3.8) is 0 Å². The predicted molar refractivity (Wildman–Crippen MR) is 133 cm³/mol. The predicted octanol–water partition coefficient (Wildman–Crippen LogP) is 3.69. The highest BCUT2D eigenvalue weighted by atomic mass is 16.5. The fourth-order valence-electron chi connectivity index (χ4n) is 3.52. The first-order valence-electron chi connectivity index (χ1n) is 11.3. The second-order valence-electron chi connectivity index (χ2n) is 8.15. The van der Waals surface area contributed by atoms with E-state index in [4.69, 9.17) is 4.74 Å². The highest BCUT2D eigenvalue weighted by Gasteiger charge is 2.13. The van der Waals surface area contributed by atoms with Gasteiger partial charge in [0.05, 0.1) is 6.61 Å². The molecule has 0 unspecified atom stereocenters. The maximum atomic E-state index is 12.5. The zero-order valence-corrected chi connectivity index (χ0v) is 20.1. The van der Waals surface area contributed by atoms with Gasteiger partial charge in [0.25, 0.3) is 11.5 Å². The summed E-state index contributed by atoms with van der Waals surface area (Å²) in [6.07, 6.45) is 0.940. The largest absolute Gasteiger partial charge is 0.494 e. The van der Waals surface area contributed by atoms with Crippen LogP contribution in [0, 0.1) is 25.2 Å². The van der Waals surface area contributed by atoms with E-state index in [0.717, 1.165) is 17.7 Å². The highest BCUT2D eigenvalue weighted by molar-refractivity contribution is 5.95. The number of amides is 2. The summed E-state index contributed by atoms with van der Waals surface area (Å²) in [6.45, 7) is 6.27. The zero-order valence-electron chi connectivity index (χ0n) is 20.1. The van der Waals surface area contributed by atoms with E-state index in [-0.39, 0.29) is 18.0 Å². The lowest BCUT2D eigenvalue weighted by Gasteiger charge is -2.12. The number of hydrogen-bond donors (Lipinski definition) is 2. The van der Waals surface area contributed by atoms with E-state index in [1.165, 1.54) is 4.57 Å². The normalized spacial score (nSPS) is 10.3. The molecule has 0 spiro atoms. The number of benzene rings is 2. The van der Waals surface area contributed by atoms with Crippen LogP contribution < -0.4 is 20.9 Å². The molecule has 0 aliphatic rings. The molecule has 8 heteroatoms. The number of anilines is 1. The monoisotopic (exact) mass is 472 g/mol. The third-order valence-electron chi connectivity index (χ3n) is 5.40. The van der Waals surface area contributed by atoms with Crippen molar-refractivity contribution in [2.24, 2.45) is 0 Å². The second kappa shape index (κ2) is 11.7. The van der Waals surface area contributed by atoms with Gasteiger partial charge in [-0.25, -0.2) is 0 Å². The maximum Gasteiger partial charge on any atom is 0.269 e. The molecule has 0 fully saturated rings. The lowest BCUT2D eigenvalue weighted by Crippen LogP contribution is -2.31. The first-order valence-corrected chi connectivity index (χ1v) is 11.3. The minimum absolute atomic E-state index is 0.0273. The van der Waals surface area contributed by atoms with Crippen molar-refractivity contribution in [1.82, 2.24) is 9.88 Å². The minimum Gasteiger partial charge on any atom is -0.494 e. The van der Waals surface area contributed by atoms with Gasteiger partial charge in [0.2, 0.25) is 5.91 Å². The van der Waals surface area contributed by atoms with Gasteiger partial charge in [-0.2, -0.15) is 5.26 Å². The molecule has 0 bridgehead atoms. The number of ether oxygens (including phenoxy) is 1. The van der Waals surface area contributed by atoms with Crippen molar-refractivity contribution in [2.45, 2.75) is 40.3 Å². The molecule has 1 heterocycles. The molecule has 0 saturated heterocycles. The molecular weight excluding hydrogens is 444 g/mol. The number of aryl methyl sites for hydroxylation is 2. The van der Waals surface area contributed by atoms with Gasteiger partial charge in [0, 0.05) is 23.5 Å². The number of pyridine rings is 1. The standard InChI is InChI=1S/C27H28N4O4/c1-4-13-35-23-11-5-20(6-12-23)16-29-26(33)21-7-9-22(10-8-21)30-25(32)17-31-19(3)14-18(2)24(15-28)27(31)34/h5-12,14H,4,13,16-17H2,1-3H3,(H,29,33)(H,30,32). The molecule has 0 radical (unpaired) electrons. The van der Waals surface area contributed by atoms with Crippen molar-refractivity contribution in [1.29, 1.82) is 5.26 Å². The van der Waals surface area contributed by atoms with Gasteiger partial charge in [0.15, 0.2) is 0 Å². The van der Waals surface area contributed by atoms with Gasteiger partial charge >= 0.3 is 0 Å². The zero-order chi connectivity index (χ0) is 25.4.